The predicted molar refractivity (Wildman–Crippen MR) is 136 cm³/mol. The molecule has 0 aliphatic rings. The van der Waals surface area contributed by atoms with E-state index in [9.17, 15) is 9.59 Å². The van der Waals surface area contributed by atoms with Crippen molar-refractivity contribution in [2.75, 3.05) is 6.61 Å². The molecule has 0 bridgehead atoms. The molecular formula is C29H22O6. The Kier molecular flexibility index (Phi) is 5.94. The molecule has 6 nitrogen and oxygen atoms in total. The predicted octanol–water partition coefficient (Wildman–Crippen LogP) is 6.19. The Bertz CT molecular complexity index is 1660. The van der Waals surface area contributed by atoms with E-state index < -0.39 is 11.3 Å². The molecule has 0 N–H and O–H groups in total. The van der Waals surface area contributed by atoms with Crippen molar-refractivity contribution in [1.82, 2.24) is 0 Å². The van der Waals surface area contributed by atoms with Crippen LogP contribution in [0.2, 0.25) is 0 Å². The van der Waals surface area contributed by atoms with Crippen molar-refractivity contribution in [3.63, 3.8) is 0 Å². The van der Waals surface area contributed by atoms with Gasteiger partial charge in [0.1, 0.15) is 17.9 Å². The largest absolute Gasteiger partial charge is 0.490 e. The highest BCUT2D eigenvalue weighted by Gasteiger charge is 2.16. The minimum atomic E-state index is -0.577. The van der Waals surface area contributed by atoms with Gasteiger partial charge in [-0.25, -0.2) is 9.59 Å². The van der Waals surface area contributed by atoms with E-state index in [2.05, 4.69) is 6.58 Å². The van der Waals surface area contributed by atoms with Crippen LogP contribution in [0.1, 0.15) is 18.1 Å². The van der Waals surface area contributed by atoms with E-state index >= 15 is 0 Å². The van der Waals surface area contributed by atoms with Crippen molar-refractivity contribution >= 4 is 28.0 Å². The summed E-state index contributed by atoms with van der Waals surface area (Å²) >= 11 is 0. The summed E-state index contributed by atoms with van der Waals surface area (Å²) in [6, 6.07) is 21.4. The summed E-state index contributed by atoms with van der Waals surface area (Å²) in [4.78, 5) is 25.3. The van der Waals surface area contributed by atoms with E-state index in [-0.39, 0.29) is 5.56 Å². The summed E-state index contributed by atoms with van der Waals surface area (Å²) in [6.07, 6.45) is 1.78. The standard InChI is InChI=1S/C29H22O6/c1-3-18-8-10-19(11-9-18)17-33-21-12-13-22-23(16-27(30)34-26(22)15-21)24-14-20-6-5-7-25(32-4-2)28(20)35-29(24)31/h3,5-16H,1,4,17H2,2H3. The van der Waals surface area contributed by atoms with Crippen molar-refractivity contribution in [3.8, 4) is 22.6 Å². The van der Waals surface area contributed by atoms with Crippen molar-refractivity contribution in [1.29, 1.82) is 0 Å². The lowest BCUT2D eigenvalue weighted by atomic mass is 10.0. The third kappa shape index (κ3) is 4.46. The second-order valence-corrected chi connectivity index (χ2v) is 7.93. The molecule has 2 aromatic heterocycles. The lowest BCUT2D eigenvalue weighted by Crippen LogP contribution is -2.07. The summed E-state index contributed by atoms with van der Waals surface area (Å²) in [5.74, 6) is 1.03. The molecule has 0 saturated carbocycles. The molecule has 5 rings (SSSR count). The van der Waals surface area contributed by atoms with Gasteiger partial charge in [-0.2, -0.15) is 0 Å². The fourth-order valence-electron chi connectivity index (χ4n) is 3.95. The normalized spacial score (nSPS) is 11.0. The molecule has 0 aliphatic carbocycles. The van der Waals surface area contributed by atoms with Gasteiger partial charge >= 0.3 is 11.3 Å². The van der Waals surface area contributed by atoms with Gasteiger partial charge < -0.3 is 18.3 Å². The fourth-order valence-corrected chi connectivity index (χ4v) is 3.95. The Morgan fingerprint density at radius 3 is 2.49 bits per heavy atom. The maximum Gasteiger partial charge on any atom is 0.344 e. The van der Waals surface area contributed by atoms with Crippen LogP contribution in [0.5, 0.6) is 11.5 Å². The summed E-state index contributed by atoms with van der Waals surface area (Å²) in [6.45, 7) is 6.41. The number of fused-ring (bicyclic) bond motifs is 2. The average Bonchev–Trinajstić information content (AvgIpc) is 2.87. The maximum atomic E-state index is 12.9. The first-order valence-corrected chi connectivity index (χ1v) is 11.2. The minimum Gasteiger partial charge on any atom is -0.490 e. The number of rotatable bonds is 7. The molecule has 0 spiro atoms. The van der Waals surface area contributed by atoms with Gasteiger partial charge in [0, 0.05) is 28.5 Å². The van der Waals surface area contributed by atoms with Gasteiger partial charge in [-0.3, -0.25) is 0 Å². The van der Waals surface area contributed by atoms with Crippen LogP contribution in [0.3, 0.4) is 0 Å². The molecule has 0 amide bonds. The zero-order chi connectivity index (χ0) is 24.4. The number of benzene rings is 3. The van der Waals surface area contributed by atoms with Crippen LogP contribution < -0.4 is 20.7 Å². The first-order chi connectivity index (χ1) is 17.1. The van der Waals surface area contributed by atoms with Crippen LogP contribution >= 0.6 is 0 Å². The Balaban J connectivity index is 1.53. The Hall–Kier alpha value is -4.58. The lowest BCUT2D eigenvalue weighted by molar-refractivity contribution is 0.306. The quantitative estimate of drug-likeness (QED) is 0.266. The smallest absolute Gasteiger partial charge is 0.344 e. The highest BCUT2D eigenvalue weighted by Crippen LogP contribution is 2.32. The van der Waals surface area contributed by atoms with Crippen molar-refractivity contribution in [2.45, 2.75) is 13.5 Å². The van der Waals surface area contributed by atoms with Gasteiger partial charge in [-0.05, 0) is 42.3 Å². The third-order valence-corrected chi connectivity index (χ3v) is 5.65. The van der Waals surface area contributed by atoms with Crippen LogP contribution in [0.4, 0.5) is 0 Å². The van der Waals surface area contributed by atoms with Crippen LogP contribution in [0.25, 0.3) is 39.1 Å². The van der Waals surface area contributed by atoms with Gasteiger partial charge in [0.25, 0.3) is 0 Å². The van der Waals surface area contributed by atoms with E-state index in [1.165, 1.54) is 6.07 Å². The summed E-state index contributed by atoms with van der Waals surface area (Å²) in [5.41, 5.74) is 2.25. The Labute approximate surface area is 200 Å². The van der Waals surface area contributed by atoms with Crippen LogP contribution in [-0.2, 0) is 6.61 Å². The highest BCUT2D eigenvalue weighted by molar-refractivity contribution is 5.96. The molecule has 0 saturated heterocycles. The second kappa shape index (κ2) is 9.35. The van der Waals surface area contributed by atoms with Gasteiger partial charge in [0.2, 0.25) is 0 Å². The average molecular weight is 466 g/mol. The molecule has 0 aliphatic heterocycles. The van der Waals surface area contributed by atoms with Gasteiger partial charge in [0.05, 0.1) is 12.2 Å². The molecule has 35 heavy (non-hydrogen) atoms. The summed E-state index contributed by atoms with van der Waals surface area (Å²) < 4.78 is 22.5. The highest BCUT2D eigenvalue weighted by atomic mass is 16.5. The van der Waals surface area contributed by atoms with E-state index in [1.54, 1.807) is 36.4 Å². The molecule has 3 aromatic carbocycles. The molecule has 174 valence electrons. The second-order valence-electron chi connectivity index (χ2n) is 7.93. The zero-order valence-electron chi connectivity index (χ0n) is 19.1. The molecule has 5 aromatic rings. The molecule has 6 heteroatoms. The lowest BCUT2D eigenvalue weighted by Gasteiger charge is -2.10. The maximum absolute atomic E-state index is 12.9. The van der Waals surface area contributed by atoms with Crippen molar-refractivity contribution < 1.29 is 18.3 Å². The van der Waals surface area contributed by atoms with Gasteiger partial charge in [-0.15, -0.1) is 0 Å². The molecule has 0 fully saturated rings. The molecular weight excluding hydrogens is 444 g/mol. The van der Waals surface area contributed by atoms with Crippen molar-refractivity contribution in [2.24, 2.45) is 0 Å². The van der Waals surface area contributed by atoms with Crippen LogP contribution in [0.15, 0.2) is 97.8 Å². The number of para-hydroxylation sites is 1. The fraction of sp³-hybridized carbons (Fsp3) is 0.103. The van der Waals surface area contributed by atoms with E-state index in [4.69, 9.17) is 18.3 Å². The topological polar surface area (TPSA) is 78.9 Å². The van der Waals surface area contributed by atoms with Crippen LogP contribution in [-0.4, -0.2) is 6.61 Å². The zero-order valence-corrected chi connectivity index (χ0v) is 19.1. The number of hydrogen-bond acceptors (Lipinski definition) is 6. The molecule has 0 atom stereocenters. The monoisotopic (exact) mass is 466 g/mol. The van der Waals surface area contributed by atoms with Gasteiger partial charge in [-0.1, -0.05) is 49.1 Å². The third-order valence-electron chi connectivity index (χ3n) is 5.65. The molecule has 0 unspecified atom stereocenters. The van der Waals surface area contributed by atoms with E-state index in [0.717, 1.165) is 11.1 Å². The summed E-state index contributed by atoms with van der Waals surface area (Å²) in [7, 11) is 0. The number of hydrogen-bond donors (Lipinski definition) is 0. The molecule has 2 heterocycles. The first kappa shape index (κ1) is 22.2. The SMILES string of the molecule is C=Cc1ccc(COc2ccc3c(-c4cc5cccc(OCC)c5oc4=O)cc(=O)oc3c2)cc1. The van der Waals surface area contributed by atoms with E-state index in [1.807, 2.05) is 43.3 Å². The van der Waals surface area contributed by atoms with E-state index in [0.29, 0.717) is 52.2 Å². The van der Waals surface area contributed by atoms with Gasteiger partial charge in [0.15, 0.2) is 11.3 Å². The minimum absolute atomic E-state index is 0.264. The first-order valence-electron chi connectivity index (χ1n) is 11.2. The van der Waals surface area contributed by atoms with Crippen LogP contribution in [0, 0.1) is 0 Å². The van der Waals surface area contributed by atoms with Crippen molar-refractivity contribution in [3.05, 3.63) is 111 Å². The molecule has 0 radical (unpaired) electrons. The summed E-state index contributed by atoms with van der Waals surface area (Å²) in [5, 5.41) is 1.29. The Morgan fingerprint density at radius 1 is 0.886 bits per heavy atom. The Morgan fingerprint density at radius 2 is 1.71 bits per heavy atom. The number of ether oxygens (including phenoxy) is 2.